The van der Waals surface area contributed by atoms with Gasteiger partial charge < -0.3 is 19.7 Å². The number of hydrogen-bond donors (Lipinski definition) is 1. The van der Waals surface area contributed by atoms with Crippen LogP contribution in [0.3, 0.4) is 0 Å². The number of carbonyl (C=O) groups is 1. The molecule has 0 aromatic heterocycles. The van der Waals surface area contributed by atoms with Crippen molar-refractivity contribution < 1.29 is 14.4 Å². The number of rotatable bonds is 9. The number of piperidine rings is 1. The van der Waals surface area contributed by atoms with Crippen molar-refractivity contribution in [3.63, 3.8) is 0 Å². The minimum Gasteiger partial charge on any atom is -0.497 e. The van der Waals surface area contributed by atoms with Gasteiger partial charge in [0.1, 0.15) is 19.1 Å². The van der Waals surface area contributed by atoms with E-state index in [1.54, 1.807) is 14.2 Å². The number of nitrogens with one attached hydrogen (secondary N) is 1. The molecule has 1 unspecified atom stereocenters. The fraction of sp³-hybridized carbons (Fsp3) is 0.571. The number of carbonyl (C=O) groups excluding carboxylic acids is 1. The molecule has 2 aromatic carbocycles. The average molecular weight is 466 g/mol. The van der Waals surface area contributed by atoms with E-state index in [-0.39, 0.29) is 5.54 Å². The van der Waals surface area contributed by atoms with Gasteiger partial charge in [0.15, 0.2) is 0 Å². The Morgan fingerprint density at radius 2 is 1.91 bits per heavy atom. The largest absolute Gasteiger partial charge is 0.497 e. The topological polar surface area (TPSA) is 63.2 Å². The van der Waals surface area contributed by atoms with E-state index in [4.69, 9.17) is 9.57 Å². The highest BCUT2D eigenvalue weighted by atomic mass is 16.6. The van der Waals surface area contributed by atoms with Gasteiger partial charge in [-0.15, -0.1) is 0 Å². The normalized spacial score (nSPS) is 26.4. The summed E-state index contributed by atoms with van der Waals surface area (Å²) in [7, 11) is 5.39. The molecule has 184 valence electrons. The Kier molecular flexibility index (Phi) is 8.22. The Morgan fingerprint density at radius 3 is 2.62 bits per heavy atom. The van der Waals surface area contributed by atoms with Gasteiger partial charge in [0.2, 0.25) is 0 Å². The maximum absolute atomic E-state index is 10.9. The molecule has 34 heavy (non-hydrogen) atoms. The molecule has 1 saturated carbocycles. The van der Waals surface area contributed by atoms with Gasteiger partial charge in [-0.1, -0.05) is 23.4 Å². The molecule has 2 fully saturated rings. The smallest absolute Gasteiger partial charge is 0.120 e. The Bertz CT molecular complexity index is 998. The molecular formula is C28H39N3O3. The Labute approximate surface area is 203 Å². The van der Waals surface area contributed by atoms with Crippen molar-refractivity contribution in [1.29, 1.82) is 0 Å². The van der Waals surface area contributed by atoms with Crippen molar-refractivity contribution in [3.05, 3.63) is 42.0 Å². The quantitative estimate of drug-likeness (QED) is 0.328. The lowest BCUT2D eigenvalue weighted by Gasteiger charge is -2.46. The number of hydrogen-bond acceptors (Lipinski definition) is 6. The van der Waals surface area contributed by atoms with Crippen LogP contribution in [0.1, 0.15) is 56.9 Å². The highest BCUT2D eigenvalue weighted by Crippen LogP contribution is 2.36. The lowest BCUT2D eigenvalue weighted by atomic mass is 9.75. The molecule has 1 aliphatic heterocycles. The third kappa shape index (κ3) is 5.44. The Morgan fingerprint density at radius 1 is 1.15 bits per heavy atom. The van der Waals surface area contributed by atoms with Gasteiger partial charge in [-0.25, -0.2) is 0 Å². The molecule has 1 N–H and O–H groups in total. The van der Waals surface area contributed by atoms with Crippen molar-refractivity contribution in [2.45, 2.75) is 62.9 Å². The van der Waals surface area contributed by atoms with E-state index in [1.165, 1.54) is 24.6 Å². The van der Waals surface area contributed by atoms with E-state index >= 15 is 0 Å². The average Bonchev–Trinajstić information content (AvgIpc) is 2.90. The van der Waals surface area contributed by atoms with Gasteiger partial charge in [0, 0.05) is 36.0 Å². The lowest BCUT2D eigenvalue weighted by Crippen LogP contribution is -2.52. The molecule has 0 spiro atoms. The predicted octanol–water partition coefficient (Wildman–Crippen LogP) is 4.79. The summed E-state index contributed by atoms with van der Waals surface area (Å²) in [6, 6.07) is 13.3. The number of oxime groups is 1. The highest BCUT2D eigenvalue weighted by Gasteiger charge is 2.37. The molecule has 1 atom stereocenters. The molecule has 0 radical (unpaired) electrons. The number of methoxy groups -OCH3 is 1. The zero-order valence-electron chi connectivity index (χ0n) is 20.9. The first-order valence-electron chi connectivity index (χ1n) is 12.7. The van der Waals surface area contributed by atoms with Crippen LogP contribution in [-0.4, -0.2) is 62.8 Å². The van der Waals surface area contributed by atoms with Crippen molar-refractivity contribution >= 4 is 22.8 Å². The molecule has 1 saturated heterocycles. The number of likely N-dealkylation sites (tertiary alicyclic amines) is 1. The minimum atomic E-state index is 0.128. The van der Waals surface area contributed by atoms with Crippen LogP contribution in [0.4, 0.5) is 0 Å². The highest BCUT2D eigenvalue weighted by molar-refractivity contribution is 6.04. The second kappa shape index (κ2) is 11.3. The van der Waals surface area contributed by atoms with Gasteiger partial charge >= 0.3 is 0 Å². The van der Waals surface area contributed by atoms with Gasteiger partial charge in [-0.05, 0) is 87.5 Å². The fourth-order valence-electron chi connectivity index (χ4n) is 6.01. The first kappa shape index (κ1) is 24.7. The van der Waals surface area contributed by atoms with E-state index < -0.39 is 0 Å². The van der Waals surface area contributed by atoms with E-state index in [0.717, 1.165) is 67.5 Å². The third-order valence-corrected chi connectivity index (χ3v) is 8.07. The maximum atomic E-state index is 10.9. The Hall–Kier alpha value is -2.44. The molecule has 1 heterocycles. The predicted molar refractivity (Wildman–Crippen MR) is 138 cm³/mol. The monoisotopic (exact) mass is 465 g/mol. The molecule has 6 nitrogen and oxygen atoms in total. The molecule has 6 heteroatoms. The van der Waals surface area contributed by atoms with Crippen LogP contribution < -0.4 is 10.1 Å². The first-order valence-corrected chi connectivity index (χ1v) is 12.7. The zero-order valence-corrected chi connectivity index (χ0v) is 20.9. The van der Waals surface area contributed by atoms with E-state index in [2.05, 4.69) is 52.8 Å². The van der Waals surface area contributed by atoms with Gasteiger partial charge in [-0.2, -0.15) is 0 Å². The van der Waals surface area contributed by atoms with E-state index in [9.17, 15) is 4.79 Å². The molecule has 1 aliphatic carbocycles. The second-order valence-electron chi connectivity index (χ2n) is 9.89. The first-order chi connectivity index (χ1) is 16.6. The third-order valence-electron chi connectivity index (χ3n) is 8.07. The zero-order chi connectivity index (χ0) is 24.0. The van der Waals surface area contributed by atoms with Crippen LogP contribution in [0.15, 0.2) is 41.6 Å². The number of benzene rings is 2. The summed E-state index contributed by atoms with van der Waals surface area (Å²) in [6.07, 6.45) is 9.59. The van der Waals surface area contributed by atoms with Crippen LogP contribution >= 0.6 is 0 Å². The summed E-state index contributed by atoms with van der Waals surface area (Å²) in [6.45, 7) is 2.17. The summed E-state index contributed by atoms with van der Waals surface area (Å²) in [5.41, 5.74) is 2.32. The molecule has 2 aliphatic rings. The number of ether oxygens (including phenoxy) is 1. The standard InChI is InChI=1S/C28H39N3O3/c1-29-28(13-5-17-32)14-11-25(12-15-28)31-16-4-6-24(20-31)27(30-34-3)23-8-7-22-19-26(33-2)10-9-21(22)18-23/h7-10,17-19,24-25,29H,4-6,11-16,20H2,1-3H3/b30-27-. The summed E-state index contributed by atoms with van der Waals surface area (Å²) in [5.74, 6) is 1.23. The number of fused-ring (bicyclic) bond motifs is 1. The van der Waals surface area contributed by atoms with Gasteiger partial charge in [-0.3, -0.25) is 4.90 Å². The van der Waals surface area contributed by atoms with Crippen molar-refractivity contribution in [2.24, 2.45) is 11.1 Å². The fourth-order valence-corrected chi connectivity index (χ4v) is 6.01. The molecular weight excluding hydrogens is 426 g/mol. The van der Waals surface area contributed by atoms with Crippen molar-refractivity contribution in [1.82, 2.24) is 10.2 Å². The molecule has 0 bridgehead atoms. The molecule has 2 aromatic rings. The molecule has 4 rings (SSSR count). The van der Waals surface area contributed by atoms with Crippen molar-refractivity contribution in [2.75, 3.05) is 34.4 Å². The van der Waals surface area contributed by atoms with Crippen LogP contribution in [0, 0.1) is 5.92 Å². The number of aldehydes is 1. The summed E-state index contributed by atoms with van der Waals surface area (Å²) in [4.78, 5) is 18.9. The second-order valence-corrected chi connectivity index (χ2v) is 9.89. The minimum absolute atomic E-state index is 0.128. The lowest BCUT2D eigenvalue weighted by molar-refractivity contribution is -0.108. The van der Waals surface area contributed by atoms with Crippen LogP contribution in [0.2, 0.25) is 0 Å². The summed E-state index contributed by atoms with van der Waals surface area (Å²) >= 11 is 0. The van der Waals surface area contributed by atoms with Gasteiger partial charge in [0.05, 0.1) is 12.8 Å². The maximum Gasteiger partial charge on any atom is 0.120 e. The SMILES string of the molecule is CNC1(CCC=O)CCC(N2CCCC(/C(=N\OC)c3ccc4cc(OC)ccc4c3)C2)CC1. The summed E-state index contributed by atoms with van der Waals surface area (Å²) in [5, 5.41) is 10.4. The molecule has 0 amide bonds. The van der Waals surface area contributed by atoms with Gasteiger partial charge in [0.25, 0.3) is 0 Å². The number of nitrogens with zero attached hydrogens (tertiary/aromatic N) is 2. The van der Waals surface area contributed by atoms with E-state index in [0.29, 0.717) is 18.4 Å². The van der Waals surface area contributed by atoms with E-state index in [1.807, 2.05) is 6.07 Å². The van der Waals surface area contributed by atoms with Crippen LogP contribution in [0.25, 0.3) is 10.8 Å². The van der Waals surface area contributed by atoms with Crippen molar-refractivity contribution in [3.8, 4) is 5.75 Å². The summed E-state index contributed by atoms with van der Waals surface area (Å²) < 4.78 is 5.37. The van der Waals surface area contributed by atoms with Crippen LogP contribution in [0.5, 0.6) is 5.75 Å². The van der Waals surface area contributed by atoms with Crippen LogP contribution in [-0.2, 0) is 9.63 Å². The Balaban J connectivity index is 1.47.